The zero-order valence-corrected chi connectivity index (χ0v) is 18.5. The minimum absolute atomic E-state index is 0.323. The number of rotatable bonds is 9. The lowest BCUT2D eigenvalue weighted by Gasteiger charge is -2.48. The number of nitrogens with one attached hydrogen (secondary N) is 2. The van der Waals surface area contributed by atoms with E-state index in [-0.39, 0.29) is 0 Å². The first-order valence-corrected chi connectivity index (χ1v) is 12.4. The Kier molecular flexibility index (Phi) is 9.71. The molecule has 3 aliphatic rings. The molecule has 0 bridgehead atoms. The fourth-order valence-electron chi connectivity index (χ4n) is 4.67. The van der Waals surface area contributed by atoms with Gasteiger partial charge < -0.3 is 20.1 Å². The third kappa shape index (κ3) is 6.78. The van der Waals surface area contributed by atoms with Crippen LogP contribution < -0.4 is 10.6 Å². The van der Waals surface area contributed by atoms with Gasteiger partial charge in [-0.1, -0.05) is 19.3 Å². The van der Waals surface area contributed by atoms with Gasteiger partial charge in [0.2, 0.25) is 0 Å². The van der Waals surface area contributed by atoms with Crippen molar-refractivity contribution in [2.75, 3.05) is 71.2 Å². The molecular formula is C21H40N4O2S. The average molecular weight is 413 g/mol. The second-order valence-corrected chi connectivity index (χ2v) is 9.62. The highest BCUT2D eigenvalue weighted by Crippen LogP contribution is 2.34. The van der Waals surface area contributed by atoms with Crippen molar-refractivity contribution in [3.8, 4) is 0 Å². The van der Waals surface area contributed by atoms with Gasteiger partial charge in [-0.25, -0.2) is 0 Å². The fraction of sp³-hybridized carbons (Fsp3) is 0.952. The van der Waals surface area contributed by atoms with E-state index in [4.69, 9.17) is 9.47 Å². The summed E-state index contributed by atoms with van der Waals surface area (Å²) in [6, 6.07) is 0. The van der Waals surface area contributed by atoms with Gasteiger partial charge in [-0.15, -0.1) is 0 Å². The molecule has 7 heteroatoms. The van der Waals surface area contributed by atoms with Gasteiger partial charge >= 0.3 is 0 Å². The molecule has 0 aromatic carbocycles. The molecule has 1 aliphatic carbocycles. The lowest BCUT2D eigenvalue weighted by molar-refractivity contribution is 0.0625. The SMILES string of the molecule is CN=C(NCCCOCC1CCOC1)NCC1(N2CCSCC2)CCCCC1. The number of thioether (sulfide) groups is 1. The Labute approximate surface area is 175 Å². The molecule has 6 nitrogen and oxygen atoms in total. The molecule has 0 radical (unpaired) electrons. The lowest BCUT2D eigenvalue weighted by Crippen LogP contribution is -2.59. The van der Waals surface area contributed by atoms with Crippen molar-refractivity contribution in [3.05, 3.63) is 0 Å². The zero-order valence-electron chi connectivity index (χ0n) is 17.7. The molecule has 162 valence electrons. The molecule has 0 aromatic heterocycles. The summed E-state index contributed by atoms with van der Waals surface area (Å²) in [5.74, 6) is 4.09. The predicted molar refractivity (Wildman–Crippen MR) is 118 cm³/mol. The Morgan fingerprint density at radius 2 is 2.04 bits per heavy atom. The van der Waals surface area contributed by atoms with Crippen LogP contribution in [0.3, 0.4) is 0 Å². The molecule has 3 rings (SSSR count). The van der Waals surface area contributed by atoms with E-state index in [1.54, 1.807) is 0 Å². The van der Waals surface area contributed by atoms with Gasteiger partial charge in [0.15, 0.2) is 5.96 Å². The molecule has 28 heavy (non-hydrogen) atoms. The van der Waals surface area contributed by atoms with Crippen LogP contribution in [-0.4, -0.2) is 87.6 Å². The zero-order chi connectivity index (χ0) is 19.5. The van der Waals surface area contributed by atoms with Crippen molar-refractivity contribution in [2.45, 2.75) is 50.5 Å². The molecule has 3 fully saturated rings. The molecular weight excluding hydrogens is 372 g/mol. The number of guanidine groups is 1. The van der Waals surface area contributed by atoms with E-state index in [0.29, 0.717) is 11.5 Å². The second-order valence-electron chi connectivity index (χ2n) is 8.40. The molecule has 2 aliphatic heterocycles. The molecule has 0 aromatic rings. The smallest absolute Gasteiger partial charge is 0.191 e. The maximum atomic E-state index is 5.79. The predicted octanol–water partition coefficient (Wildman–Crippen LogP) is 2.35. The normalized spacial score (nSPS) is 26.3. The lowest BCUT2D eigenvalue weighted by atomic mass is 9.80. The summed E-state index contributed by atoms with van der Waals surface area (Å²) in [5.41, 5.74) is 0.323. The van der Waals surface area contributed by atoms with Crippen molar-refractivity contribution in [2.24, 2.45) is 10.9 Å². The fourth-order valence-corrected chi connectivity index (χ4v) is 5.57. The highest BCUT2D eigenvalue weighted by Gasteiger charge is 2.38. The Balaban J connectivity index is 1.35. The first kappa shape index (κ1) is 22.2. The Hall–Kier alpha value is -0.500. The van der Waals surface area contributed by atoms with Crippen LogP contribution in [-0.2, 0) is 9.47 Å². The number of hydrogen-bond donors (Lipinski definition) is 2. The molecule has 2 heterocycles. The summed E-state index contributed by atoms with van der Waals surface area (Å²) in [6.45, 7) is 7.79. The van der Waals surface area contributed by atoms with Crippen molar-refractivity contribution in [3.63, 3.8) is 0 Å². The summed E-state index contributed by atoms with van der Waals surface area (Å²) in [4.78, 5) is 7.21. The summed E-state index contributed by atoms with van der Waals surface area (Å²) in [5, 5.41) is 7.12. The van der Waals surface area contributed by atoms with Gasteiger partial charge in [-0.05, 0) is 25.7 Å². The molecule has 0 amide bonds. The van der Waals surface area contributed by atoms with Gasteiger partial charge in [0.1, 0.15) is 0 Å². The van der Waals surface area contributed by atoms with Gasteiger partial charge in [-0.3, -0.25) is 9.89 Å². The number of ether oxygens (including phenoxy) is 2. The first-order valence-electron chi connectivity index (χ1n) is 11.3. The van der Waals surface area contributed by atoms with E-state index in [1.165, 1.54) is 56.7 Å². The van der Waals surface area contributed by atoms with E-state index in [2.05, 4.69) is 32.3 Å². The number of aliphatic imine (C=N–C) groups is 1. The van der Waals surface area contributed by atoms with Gasteiger partial charge in [0.05, 0.1) is 13.2 Å². The first-order chi connectivity index (χ1) is 13.8. The molecule has 2 N–H and O–H groups in total. The van der Waals surface area contributed by atoms with Crippen LogP contribution >= 0.6 is 11.8 Å². The van der Waals surface area contributed by atoms with Crippen LogP contribution in [0.4, 0.5) is 0 Å². The maximum absolute atomic E-state index is 5.79. The van der Waals surface area contributed by atoms with Gasteiger partial charge in [-0.2, -0.15) is 11.8 Å². The molecule has 0 spiro atoms. The minimum atomic E-state index is 0.323. The van der Waals surface area contributed by atoms with Gasteiger partial charge in [0, 0.05) is 69.4 Å². The number of nitrogens with zero attached hydrogens (tertiary/aromatic N) is 2. The minimum Gasteiger partial charge on any atom is -0.381 e. The van der Waals surface area contributed by atoms with E-state index >= 15 is 0 Å². The summed E-state index contributed by atoms with van der Waals surface area (Å²) < 4.78 is 11.2. The Morgan fingerprint density at radius 1 is 1.21 bits per heavy atom. The highest BCUT2D eigenvalue weighted by molar-refractivity contribution is 7.99. The average Bonchev–Trinajstić information content (AvgIpc) is 3.27. The Morgan fingerprint density at radius 3 is 2.75 bits per heavy atom. The third-order valence-corrected chi connectivity index (χ3v) is 7.35. The standard InChI is InChI=1S/C21H40N4O2S/c1-22-20(23-9-5-12-26-16-19-6-13-27-17-19)24-18-21(7-3-2-4-8-21)25-10-14-28-15-11-25/h19H,2-18H2,1H3,(H2,22,23,24). The van der Waals surface area contributed by atoms with E-state index in [9.17, 15) is 0 Å². The van der Waals surface area contributed by atoms with Crippen LogP contribution in [0.1, 0.15) is 44.9 Å². The molecule has 2 saturated heterocycles. The second kappa shape index (κ2) is 12.3. The van der Waals surface area contributed by atoms with E-state index < -0.39 is 0 Å². The van der Waals surface area contributed by atoms with E-state index in [1.807, 2.05) is 7.05 Å². The maximum Gasteiger partial charge on any atom is 0.191 e. The van der Waals surface area contributed by atoms with Crippen LogP contribution in [0.2, 0.25) is 0 Å². The molecule has 1 unspecified atom stereocenters. The molecule has 1 atom stereocenters. The van der Waals surface area contributed by atoms with Crippen LogP contribution in [0.5, 0.6) is 0 Å². The number of hydrogen-bond acceptors (Lipinski definition) is 5. The van der Waals surface area contributed by atoms with E-state index in [0.717, 1.165) is 58.3 Å². The van der Waals surface area contributed by atoms with Crippen molar-refractivity contribution >= 4 is 17.7 Å². The quantitative estimate of drug-likeness (QED) is 0.344. The summed E-state index contributed by atoms with van der Waals surface area (Å²) in [7, 11) is 1.87. The van der Waals surface area contributed by atoms with Crippen LogP contribution in [0.25, 0.3) is 0 Å². The Bertz CT molecular complexity index is 459. The van der Waals surface area contributed by atoms with Crippen LogP contribution in [0.15, 0.2) is 4.99 Å². The largest absolute Gasteiger partial charge is 0.381 e. The topological polar surface area (TPSA) is 58.1 Å². The van der Waals surface area contributed by atoms with Crippen molar-refractivity contribution in [1.29, 1.82) is 0 Å². The van der Waals surface area contributed by atoms with Crippen molar-refractivity contribution in [1.82, 2.24) is 15.5 Å². The third-order valence-electron chi connectivity index (χ3n) is 6.41. The van der Waals surface area contributed by atoms with Crippen LogP contribution in [0, 0.1) is 5.92 Å². The van der Waals surface area contributed by atoms with Gasteiger partial charge in [0.25, 0.3) is 0 Å². The summed E-state index contributed by atoms with van der Waals surface area (Å²) in [6.07, 6.45) is 8.90. The highest BCUT2D eigenvalue weighted by atomic mass is 32.2. The molecule has 1 saturated carbocycles. The van der Waals surface area contributed by atoms with Crippen molar-refractivity contribution < 1.29 is 9.47 Å². The summed E-state index contributed by atoms with van der Waals surface area (Å²) >= 11 is 2.10. The monoisotopic (exact) mass is 412 g/mol.